The Morgan fingerprint density at radius 3 is 2.71 bits per heavy atom. The number of thiazole rings is 1. The van der Waals surface area contributed by atoms with Crippen molar-refractivity contribution >= 4 is 22.9 Å². The van der Waals surface area contributed by atoms with Crippen LogP contribution in [0, 0.1) is 10.1 Å². The van der Waals surface area contributed by atoms with E-state index in [0.717, 1.165) is 11.4 Å². The van der Waals surface area contributed by atoms with Gasteiger partial charge in [-0.3, -0.25) is 14.9 Å². The van der Waals surface area contributed by atoms with Gasteiger partial charge in [0.25, 0.3) is 11.6 Å². The van der Waals surface area contributed by atoms with Crippen LogP contribution in [0.1, 0.15) is 21.7 Å². The minimum absolute atomic E-state index is 0.113. The van der Waals surface area contributed by atoms with E-state index in [-0.39, 0.29) is 35.9 Å². The number of carbonyl (C=O) groups excluding carboxylic acids is 1. The molecule has 4 aromatic rings. The normalized spacial score (nSPS) is 10.6. The van der Waals surface area contributed by atoms with E-state index in [9.17, 15) is 14.9 Å². The van der Waals surface area contributed by atoms with Crippen molar-refractivity contribution < 1.29 is 19.2 Å². The van der Waals surface area contributed by atoms with Gasteiger partial charge in [-0.05, 0) is 18.2 Å². The third-order valence-electron chi connectivity index (χ3n) is 4.91. The van der Waals surface area contributed by atoms with Gasteiger partial charge >= 0.3 is 0 Å². The molecule has 174 valence electrons. The molecule has 0 radical (unpaired) electrons. The van der Waals surface area contributed by atoms with Crippen molar-refractivity contribution in [1.29, 1.82) is 0 Å². The molecule has 0 saturated carbocycles. The van der Waals surface area contributed by atoms with Gasteiger partial charge < -0.3 is 14.8 Å². The molecule has 11 heteroatoms. The highest BCUT2D eigenvalue weighted by Crippen LogP contribution is 2.35. The van der Waals surface area contributed by atoms with Gasteiger partial charge in [0.2, 0.25) is 0 Å². The minimum Gasteiger partial charge on any atom is -0.493 e. The molecule has 2 aromatic heterocycles. The quantitative estimate of drug-likeness (QED) is 0.271. The number of ether oxygens (including phenoxy) is 2. The molecule has 0 bridgehead atoms. The Balaban J connectivity index is 1.43. The van der Waals surface area contributed by atoms with E-state index < -0.39 is 10.8 Å². The molecule has 0 aliphatic rings. The molecule has 0 spiro atoms. The molecule has 2 aromatic carbocycles. The van der Waals surface area contributed by atoms with Gasteiger partial charge in [-0.25, -0.2) is 9.67 Å². The standard InChI is InChI=1S/C23H21N5O5S/c1-32-21-11-19(20(28(30)31)12-22(21)33-13-17-14-34-15-25-17)23(29)24-9-7-16-8-10-27(26-16)18-5-3-2-4-6-18/h2-6,8,10-12,14-15H,7,9,13H2,1H3,(H,24,29). The fourth-order valence-electron chi connectivity index (χ4n) is 3.23. The van der Waals surface area contributed by atoms with E-state index in [4.69, 9.17) is 9.47 Å². The zero-order valence-electron chi connectivity index (χ0n) is 18.2. The molecule has 0 aliphatic heterocycles. The monoisotopic (exact) mass is 479 g/mol. The first-order valence-electron chi connectivity index (χ1n) is 10.3. The largest absolute Gasteiger partial charge is 0.493 e. The fourth-order valence-corrected chi connectivity index (χ4v) is 3.78. The van der Waals surface area contributed by atoms with Gasteiger partial charge in [-0.1, -0.05) is 18.2 Å². The van der Waals surface area contributed by atoms with Gasteiger partial charge in [0.05, 0.1) is 40.7 Å². The van der Waals surface area contributed by atoms with Crippen molar-refractivity contribution in [2.75, 3.05) is 13.7 Å². The SMILES string of the molecule is COc1cc(C(=O)NCCc2ccn(-c3ccccc3)n2)c([N+](=O)[O-])cc1OCc1cscn1. The Labute approximate surface area is 198 Å². The zero-order valence-corrected chi connectivity index (χ0v) is 19.0. The second-order valence-electron chi connectivity index (χ2n) is 7.14. The summed E-state index contributed by atoms with van der Waals surface area (Å²) in [5.41, 5.74) is 3.57. The summed E-state index contributed by atoms with van der Waals surface area (Å²) in [7, 11) is 1.40. The van der Waals surface area contributed by atoms with Crippen molar-refractivity contribution in [2.24, 2.45) is 0 Å². The van der Waals surface area contributed by atoms with Crippen molar-refractivity contribution in [3.05, 3.63) is 92.7 Å². The Hall–Kier alpha value is -4.25. The first-order valence-corrected chi connectivity index (χ1v) is 11.2. The summed E-state index contributed by atoms with van der Waals surface area (Å²) in [4.78, 5) is 27.9. The zero-order chi connectivity index (χ0) is 23.9. The van der Waals surface area contributed by atoms with Gasteiger partial charge in [0.1, 0.15) is 12.2 Å². The van der Waals surface area contributed by atoms with Crippen LogP contribution in [0.15, 0.2) is 65.6 Å². The highest BCUT2D eigenvalue weighted by Gasteiger charge is 2.25. The second-order valence-corrected chi connectivity index (χ2v) is 7.86. The third kappa shape index (κ3) is 5.38. The lowest BCUT2D eigenvalue weighted by atomic mass is 10.1. The van der Waals surface area contributed by atoms with E-state index in [2.05, 4.69) is 15.4 Å². The summed E-state index contributed by atoms with van der Waals surface area (Å²) in [5, 5.41) is 20.7. The average Bonchev–Trinajstić information content (AvgIpc) is 3.55. The topological polar surface area (TPSA) is 121 Å². The number of para-hydroxylation sites is 1. The molecule has 1 amide bonds. The molecule has 4 rings (SSSR count). The average molecular weight is 480 g/mol. The molecule has 0 unspecified atom stereocenters. The number of benzene rings is 2. The molecular weight excluding hydrogens is 458 g/mol. The van der Waals surface area contributed by atoms with Gasteiger partial charge in [0.15, 0.2) is 11.5 Å². The van der Waals surface area contributed by atoms with E-state index >= 15 is 0 Å². The number of methoxy groups -OCH3 is 1. The van der Waals surface area contributed by atoms with Crippen LogP contribution in [0.5, 0.6) is 11.5 Å². The molecule has 2 heterocycles. The van der Waals surface area contributed by atoms with E-state index in [1.807, 2.05) is 48.0 Å². The van der Waals surface area contributed by atoms with Crippen LogP contribution in [0.3, 0.4) is 0 Å². The number of aromatic nitrogens is 3. The summed E-state index contributed by atoms with van der Waals surface area (Å²) in [6.45, 7) is 0.379. The number of nitro groups is 1. The van der Waals surface area contributed by atoms with Crippen LogP contribution in [0.4, 0.5) is 5.69 Å². The lowest BCUT2D eigenvalue weighted by Crippen LogP contribution is -2.26. The Morgan fingerprint density at radius 1 is 1.18 bits per heavy atom. The van der Waals surface area contributed by atoms with Crippen LogP contribution < -0.4 is 14.8 Å². The first-order chi connectivity index (χ1) is 16.5. The summed E-state index contributed by atoms with van der Waals surface area (Å²) in [6.07, 6.45) is 2.30. The van der Waals surface area contributed by atoms with Crippen LogP contribution in [0.25, 0.3) is 5.69 Å². The highest BCUT2D eigenvalue weighted by molar-refractivity contribution is 7.07. The van der Waals surface area contributed by atoms with Gasteiger partial charge in [-0.15, -0.1) is 11.3 Å². The van der Waals surface area contributed by atoms with Crippen LogP contribution in [0.2, 0.25) is 0 Å². The molecule has 0 saturated heterocycles. The Kier molecular flexibility index (Phi) is 7.13. The predicted molar refractivity (Wildman–Crippen MR) is 126 cm³/mol. The van der Waals surface area contributed by atoms with Crippen LogP contribution >= 0.6 is 11.3 Å². The molecule has 10 nitrogen and oxygen atoms in total. The molecule has 1 N–H and O–H groups in total. The minimum atomic E-state index is -0.619. The predicted octanol–water partition coefficient (Wildman–Crippen LogP) is 3.80. The number of hydrogen-bond acceptors (Lipinski definition) is 8. The summed E-state index contributed by atoms with van der Waals surface area (Å²) >= 11 is 1.42. The summed E-state index contributed by atoms with van der Waals surface area (Å²) < 4.78 is 12.7. The van der Waals surface area contributed by atoms with E-state index in [0.29, 0.717) is 12.1 Å². The fraction of sp³-hybridized carbons (Fsp3) is 0.174. The maximum absolute atomic E-state index is 12.8. The molecular formula is C23H21N5O5S. The molecule has 34 heavy (non-hydrogen) atoms. The van der Waals surface area contributed by atoms with E-state index in [1.165, 1.54) is 30.6 Å². The van der Waals surface area contributed by atoms with Gasteiger partial charge in [-0.2, -0.15) is 5.10 Å². The number of nitro benzene ring substituents is 1. The molecule has 0 aliphatic carbocycles. The Bertz CT molecular complexity index is 1270. The highest BCUT2D eigenvalue weighted by atomic mass is 32.1. The van der Waals surface area contributed by atoms with E-state index in [1.54, 1.807) is 10.2 Å². The lowest BCUT2D eigenvalue weighted by Gasteiger charge is -2.12. The van der Waals surface area contributed by atoms with Crippen molar-refractivity contribution in [2.45, 2.75) is 13.0 Å². The molecule has 0 atom stereocenters. The maximum atomic E-state index is 12.8. The van der Waals surface area contributed by atoms with Crippen LogP contribution in [-0.4, -0.2) is 39.2 Å². The number of rotatable bonds is 10. The summed E-state index contributed by atoms with van der Waals surface area (Å²) in [6, 6.07) is 14.0. The van der Waals surface area contributed by atoms with Crippen LogP contribution in [-0.2, 0) is 13.0 Å². The van der Waals surface area contributed by atoms with Crippen molar-refractivity contribution in [1.82, 2.24) is 20.1 Å². The first kappa shape index (κ1) is 22.9. The van der Waals surface area contributed by atoms with Crippen molar-refractivity contribution in [3.8, 4) is 17.2 Å². The smallest absolute Gasteiger partial charge is 0.286 e. The maximum Gasteiger partial charge on any atom is 0.286 e. The number of carbonyl (C=O) groups is 1. The number of hydrogen-bond donors (Lipinski definition) is 1. The van der Waals surface area contributed by atoms with Gasteiger partial charge in [0, 0.05) is 30.6 Å². The summed E-state index contributed by atoms with van der Waals surface area (Å²) in [5.74, 6) is -0.212. The number of amides is 1. The number of nitrogens with zero attached hydrogens (tertiary/aromatic N) is 4. The third-order valence-corrected chi connectivity index (χ3v) is 5.55. The van der Waals surface area contributed by atoms with Crippen molar-refractivity contribution in [3.63, 3.8) is 0 Å². The second kappa shape index (κ2) is 10.6. The lowest BCUT2D eigenvalue weighted by molar-refractivity contribution is -0.385. The Morgan fingerprint density at radius 2 is 2.00 bits per heavy atom. The number of nitrogens with one attached hydrogen (secondary N) is 1. The molecule has 0 fully saturated rings.